The molecule has 0 heterocycles. The van der Waals surface area contributed by atoms with Gasteiger partial charge in [0.2, 0.25) is 0 Å². The number of hydrogen-bond acceptors (Lipinski definition) is 1. The third-order valence-electron chi connectivity index (χ3n) is 4.15. The van der Waals surface area contributed by atoms with Gasteiger partial charge in [0.15, 0.2) is 0 Å². The summed E-state index contributed by atoms with van der Waals surface area (Å²) in [6, 6.07) is 20.7. The molecule has 1 unspecified atom stereocenters. The molecule has 0 aliphatic carbocycles. The summed E-state index contributed by atoms with van der Waals surface area (Å²) in [5, 5.41) is 3.01. The van der Waals surface area contributed by atoms with Gasteiger partial charge in [-0.2, -0.15) is 0 Å². The molecular formula is C20H26N2O. The standard InChI is InChI=1S/C20H26N2O/c1-17(19-11-7-4-8-12-19)13-15-21-20(23)22(2)16-14-18-9-5-3-6-10-18/h3-12,17H,13-16H2,1-2H3,(H,21,23). The second-order valence-corrected chi connectivity index (χ2v) is 5.99. The van der Waals surface area contributed by atoms with Crippen molar-refractivity contribution in [2.24, 2.45) is 0 Å². The lowest BCUT2D eigenvalue weighted by Gasteiger charge is -2.19. The fourth-order valence-corrected chi connectivity index (χ4v) is 2.52. The average molecular weight is 310 g/mol. The Hall–Kier alpha value is -2.29. The van der Waals surface area contributed by atoms with Gasteiger partial charge in [0, 0.05) is 20.1 Å². The molecule has 0 radical (unpaired) electrons. The molecule has 0 saturated carbocycles. The third kappa shape index (κ3) is 5.78. The summed E-state index contributed by atoms with van der Waals surface area (Å²) in [4.78, 5) is 13.8. The maximum absolute atomic E-state index is 12.1. The van der Waals surface area contributed by atoms with Crippen molar-refractivity contribution in [2.45, 2.75) is 25.7 Å². The molecule has 2 aromatic carbocycles. The maximum Gasteiger partial charge on any atom is 0.317 e. The Kier molecular flexibility index (Phi) is 6.67. The normalized spacial score (nSPS) is 11.7. The summed E-state index contributed by atoms with van der Waals surface area (Å²) in [5.74, 6) is 0.450. The molecule has 23 heavy (non-hydrogen) atoms. The van der Waals surface area contributed by atoms with E-state index in [-0.39, 0.29) is 6.03 Å². The van der Waals surface area contributed by atoms with E-state index >= 15 is 0 Å². The van der Waals surface area contributed by atoms with Crippen molar-refractivity contribution in [3.63, 3.8) is 0 Å². The molecule has 1 atom stereocenters. The monoisotopic (exact) mass is 310 g/mol. The average Bonchev–Trinajstić information content (AvgIpc) is 2.61. The Balaban J connectivity index is 1.68. The number of nitrogens with zero attached hydrogens (tertiary/aromatic N) is 1. The molecule has 2 rings (SSSR count). The van der Waals surface area contributed by atoms with Gasteiger partial charge in [0.1, 0.15) is 0 Å². The molecular weight excluding hydrogens is 284 g/mol. The number of rotatable bonds is 7. The lowest BCUT2D eigenvalue weighted by Crippen LogP contribution is -2.39. The predicted octanol–water partition coefficient (Wildman–Crippen LogP) is 4.06. The molecule has 2 amide bonds. The number of urea groups is 1. The highest BCUT2D eigenvalue weighted by Gasteiger charge is 2.09. The first kappa shape index (κ1) is 17.1. The Morgan fingerprint density at radius 2 is 1.65 bits per heavy atom. The summed E-state index contributed by atoms with van der Waals surface area (Å²) >= 11 is 0. The Labute approximate surface area is 139 Å². The van der Waals surface area contributed by atoms with Crippen LogP contribution in [0.15, 0.2) is 60.7 Å². The SMILES string of the molecule is CC(CCNC(=O)N(C)CCc1ccccc1)c1ccccc1. The van der Waals surface area contributed by atoms with Gasteiger partial charge in [-0.1, -0.05) is 67.6 Å². The quantitative estimate of drug-likeness (QED) is 0.821. The van der Waals surface area contributed by atoms with Crippen molar-refractivity contribution in [2.75, 3.05) is 20.1 Å². The number of carbonyl (C=O) groups is 1. The summed E-state index contributed by atoms with van der Waals surface area (Å²) < 4.78 is 0. The van der Waals surface area contributed by atoms with Gasteiger partial charge in [0.05, 0.1) is 0 Å². The van der Waals surface area contributed by atoms with Gasteiger partial charge >= 0.3 is 6.03 Å². The van der Waals surface area contributed by atoms with Crippen molar-refractivity contribution >= 4 is 6.03 Å². The van der Waals surface area contributed by atoms with Crippen LogP contribution < -0.4 is 5.32 Å². The van der Waals surface area contributed by atoms with Crippen LogP contribution in [0, 0.1) is 0 Å². The van der Waals surface area contributed by atoms with E-state index in [1.807, 2.05) is 31.3 Å². The highest BCUT2D eigenvalue weighted by atomic mass is 16.2. The fraction of sp³-hybridized carbons (Fsp3) is 0.350. The molecule has 0 aliphatic heterocycles. The zero-order valence-electron chi connectivity index (χ0n) is 14.0. The zero-order chi connectivity index (χ0) is 16.5. The number of hydrogen-bond donors (Lipinski definition) is 1. The fourth-order valence-electron chi connectivity index (χ4n) is 2.52. The number of benzene rings is 2. The predicted molar refractivity (Wildman–Crippen MR) is 95.6 cm³/mol. The molecule has 0 aliphatic rings. The molecule has 0 saturated heterocycles. The number of nitrogens with one attached hydrogen (secondary N) is 1. The van der Waals surface area contributed by atoms with Crippen LogP contribution in [0.3, 0.4) is 0 Å². The van der Waals surface area contributed by atoms with E-state index in [9.17, 15) is 4.79 Å². The topological polar surface area (TPSA) is 32.3 Å². The minimum atomic E-state index is 0.00110. The van der Waals surface area contributed by atoms with Crippen molar-refractivity contribution in [1.29, 1.82) is 0 Å². The number of amides is 2. The summed E-state index contributed by atoms with van der Waals surface area (Å²) in [6.45, 7) is 3.62. The van der Waals surface area contributed by atoms with E-state index in [0.717, 1.165) is 19.4 Å². The van der Waals surface area contributed by atoms with Crippen molar-refractivity contribution < 1.29 is 4.79 Å². The maximum atomic E-state index is 12.1. The minimum Gasteiger partial charge on any atom is -0.338 e. The molecule has 0 bridgehead atoms. The highest BCUT2D eigenvalue weighted by Crippen LogP contribution is 2.17. The first-order valence-electron chi connectivity index (χ1n) is 8.24. The first-order chi connectivity index (χ1) is 11.2. The lowest BCUT2D eigenvalue weighted by molar-refractivity contribution is 0.209. The molecule has 3 heteroatoms. The Morgan fingerprint density at radius 3 is 2.30 bits per heavy atom. The van der Waals surface area contributed by atoms with Gasteiger partial charge in [0.25, 0.3) is 0 Å². The smallest absolute Gasteiger partial charge is 0.317 e. The molecule has 0 fully saturated rings. The van der Waals surface area contributed by atoms with Gasteiger partial charge in [-0.3, -0.25) is 0 Å². The molecule has 122 valence electrons. The lowest BCUT2D eigenvalue weighted by atomic mass is 9.98. The largest absolute Gasteiger partial charge is 0.338 e. The van der Waals surface area contributed by atoms with Gasteiger partial charge in [-0.05, 0) is 29.9 Å². The van der Waals surface area contributed by atoms with E-state index in [0.29, 0.717) is 12.5 Å². The van der Waals surface area contributed by atoms with Gasteiger partial charge in [-0.15, -0.1) is 0 Å². The Bertz CT molecular complexity index is 583. The van der Waals surface area contributed by atoms with Gasteiger partial charge in [-0.25, -0.2) is 4.79 Å². The first-order valence-corrected chi connectivity index (χ1v) is 8.24. The van der Waals surface area contributed by atoms with Crippen LogP contribution >= 0.6 is 0 Å². The molecule has 1 N–H and O–H groups in total. The van der Waals surface area contributed by atoms with E-state index < -0.39 is 0 Å². The van der Waals surface area contributed by atoms with Crippen LogP contribution in [0.5, 0.6) is 0 Å². The second kappa shape index (κ2) is 8.99. The molecule has 3 nitrogen and oxygen atoms in total. The van der Waals surface area contributed by atoms with Crippen molar-refractivity contribution in [3.8, 4) is 0 Å². The molecule has 0 spiro atoms. The van der Waals surface area contributed by atoms with Crippen LogP contribution in [-0.4, -0.2) is 31.1 Å². The van der Waals surface area contributed by atoms with E-state index in [4.69, 9.17) is 0 Å². The summed E-state index contributed by atoms with van der Waals surface area (Å²) in [5.41, 5.74) is 2.57. The second-order valence-electron chi connectivity index (χ2n) is 5.99. The Morgan fingerprint density at radius 1 is 1.04 bits per heavy atom. The minimum absolute atomic E-state index is 0.00110. The van der Waals surface area contributed by atoms with E-state index in [1.54, 1.807) is 4.90 Å². The van der Waals surface area contributed by atoms with Crippen molar-refractivity contribution in [1.82, 2.24) is 10.2 Å². The highest BCUT2D eigenvalue weighted by molar-refractivity contribution is 5.73. The van der Waals surface area contributed by atoms with Crippen LogP contribution in [0.4, 0.5) is 4.79 Å². The summed E-state index contributed by atoms with van der Waals surface area (Å²) in [6.07, 6.45) is 1.83. The van der Waals surface area contributed by atoms with Crippen LogP contribution in [0.25, 0.3) is 0 Å². The molecule has 2 aromatic rings. The van der Waals surface area contributed by atoms with Crippen LogP contribution in [0.2, 0.25) is 0 Å². The molecule has 0 aromatic heterocycles. The van der Waals surface area contributed by atoms with Crippen molar-refractivity contribution in [3.05, 3.63) is 71.8 Å². The zero-order valence-corrected chi connectivity index (χ0v) is 14.0. The summed E-state index contributed by atoms with van der Waals surface area (Å²) in [7, 11) is 1.85. The van der Waals surface area contributed by atoms with Gasteiger partial charge < -0.3 is 10.2 Å². The van der Waals surface area contributed by atoms with E-state index in [2.05, 4.69) is 48.6 Å². The van der Waals surface area contributed by atoms with Crippen LogP contribution in [-0.2, 0) is 6.42 Å². The van der Waals surface area contributed by atoms with Crippen LogP contribution in [0.1, 0.15) is 30.4 Å². The number of carbonyl (C=O) groups excluding carboxylic acids is 1. The number of likely N-dealkylation sites (N-methyl/N-ethyl adjacent to an activating group) is 1. The third-order valence-corrected chi connectivity index (χ3v) is 4.15. The van der Waals surface area contributed by atoms with E-state index in [1.165, 1.54) is 11.1 Å².